The molecule has 1 heterocycles. The van der Waals surface area contributed by atoms with Gasteiger partial charge in [-0.15, -0.1) is 0 Å². The number of aryl methyl sites for hydroxylation is 1. The molecule has 0 aliphatic rings. The average Bonchev–Trinajstić information content (AvgIpc) is 3.06. The molecule has 27 heavy (non-hydrogen) atoms. The Kier molecular flexibility index (Phi) is 8.60. The normalized spacial score (nSPS) is 12.9. The number of rotatable bonds is 12. The van der Waals surface area contributed by atoms with Gasteiger partial charge in [-0.2, -0.15) is 0 Å². The molecule has 0 spiro atoms. The third-order valence-electron chi connectivity index (χ3n) is 5.19. The summed E-state index contributed by atoms with van der Waals surface area (Å²) >= 11 is 0. The van der Waals surface area contributed by atoms with Crippen LogP contribution >= 0.6 is 0 Å². The number of ether oxygens (including phenoxy) is 2. The summed E-state index contributed by atoms with van der Waals surface area (Å²) in [6.07, 6.45) is -0.201. The minimum atomic E-state index is -1.80. The van der Waals surface area contributed by atoms with Gasteiger partial charge in [-0.1, -0.05) is 51.1 Å². The van der Waals surface area contributed by atoms with E-state index in [9.17, 15) is 0 Å². The van der Waals surface area contributed by atoms with Crippen LogP contribution in [0.5, 0.6) is 5.95 Å². The highest BCUT2D eigenvalue weighted by Gasteiger charge is 2.34. The SMILES string of the molecule is CCOc1oc(C(COCc2ccccc2)O[Si](CC)(CC)CC)cc1C. The molecule has 0 radical (unpaired) electrons. The molecule has 150 valence electrons. The van der Waals surface area contributed by atoms with Crippen LogP contribution < -0.4 is 4.74 Å². The van der Waals surface area contributed by atoms with E-state index in [1.807, 2.05) is 38.1 Å². The van der Waals surface area contributed by atoms with Crippen molar-refractivity contribution in [2.24, 2.45) is 0 Å². The second kappa shape index (κ2) is 10.7. The van der Waals surface area contributed by atoms with Crippen LogP contribution in [0.25, 0.3) is 0 Å². The standard InChI is InChI=1S/C22H34O4Si/c1-6-24-22-18(5)15-20(25-22)21(26-27(7-2,8-3)9-4)17-23-16-19-13-11-10-12-14-19/h10-15,21H,6-9,16-17H2,1-5H3. The van der Waals surface area contributed by atoms with E-state index < -0.39 is 8.32 Å². The van der Waals surface area contributed by atoms with Gasteiger partial charge >= 0.3 is 0 Å². The molecule has 1 aromatic carbocycles. The smallest absolute Gasteiger partial charge is 0.287 e. The van der Waals surface area contributed by atoms with Crippen LogP contribution in [0.4, 0.5) is 0 Å². The topological polar surface area (TPSA) is 40.8 Å². The lowest BCUT2D eigenvalue weighted by Crippen LogP contribution is -2.38. The van der Waals surface area contributed by atoms with Crippen LogP contribution in [-0.2, 0) is 15.8 Å². The van der Waals surface area contributed by atoms with Gasteiger partial charge < -0.3 is 18.3 Å². The van der Waals surface area contributed by atoms with Crippen molar-refractivity contribution in [2.75, 3.05) is 13.2 Å². The number of benzene rings is 1. The molecule has 0 bridgehead atoms. The Morgan fingerprint density at radius 2 is 1.67 bits per heavy atom. The van der Waals surface area contributed by atoms with Crippen molar-refractivity contribution in [3.8, 4) is 5.95 Å². The van der Waals surface area contributed by atoms with E-state index in [2.05, 4.69) is 32.9 Å². The van der Waals surface area contributed by atoms with Gasteiger partial charge in [0, 0.05) is 5.56 Å². The van der Waals surface area contributed by atoms with Crippen molar-refractivity contribution >= 4 is 8.32 Å². The highest BCUT2D eigenvalue weighted by Crippen LogP contribution is 2.34. The Morgan fingerprint density at radius 3 is 2.26 bits per heavy atom. The van der Waals surface area contributed by atoms with Gasteiger partial charge in [0.05, 0.1) is 19.8 Å². The van der Waals surface area contributed by atoms with Gasteiger partial charge in [0.15, 0.2) is 8.32 Å². The molecule has 0 amide bonds. The van der Waals surface area contributed by atoms with Crippen LogP contribution in [0.2, 0.25) is 18.1 Å². The summed E-state index contributed by atoms with van der Waals surface area (Å²) in [5.74, 6) is 1.39. The number of hydrogen-bond acceptors (Lipinski definition) is 4. The zero-order chi connectivity index (χ0) is 19.7. The molecule has 4 nitrogen and oxygen atoms in total. The van der Waals surface area contributed by atoms with Crippen molar-refractivity contribution < 1.29 is 18.3 Å². The minimum Gasteiger partial charge on any atom is -0.465 e. The second-order valence-corrected chi connectivity index (χ2v) is 11.6. The maximum absolute atomic E-state index is 6.72. The van der Waals surface area contributed by atoms with Crippen LogP contribution in [0.3, 0.4) is 0 Å². The predicted molar refractivity (Wildman–Crippen MR) is 112 cm³/mol. The van der Waals surface area contributed by atoms with E-state index in [0.717, 1.165) is 35.0 Å². The summed E-state index contributed by atoms with van der Waals surface area (Å²) in [6.45, 7) is 12.3. The van der Waals surface area contributed by atoms with Gasteiger partial charge in [0.2, 0.25) is 0 Å². The van der Waals surface area contributed by atoms with Gasteiger partial charge in [0.25, 0.3) is 5.95 Å². The van der Waals surface area contributed by atoms with Crippen molar-refractivity contribution in [3.63, 3.8) is 0 Å². The van der Waals surface area contributed by atoms with Crippen LogP contribution in [0.1, 0.15) is 50.7 Å². The molecule has 5 heteroatoms. The van der Waals surface area contributed by atoms with E-state index in [1.165, 1.54) is 0 Å². The third kappa shape index (κ3) is 5.96. The third-order valence-corrected chi connectivity index (χ3v) is 9.84. The van der Waals surface area contributed by atoms with Crippen molar-refractivity contribution in [3.05, 3.63) is 53.3 Å². The summed E-state index contributed by atoms with van der Waals surface area (Å²) in [6, 6.07) is 15.5. The molecular formula is C22H34O4Si. The molecular weight excluding hydrogens is 356 g/mol. The molecule has 0 saturated carbocycles. The monoisotopic (exact) mass is 390 g/mol. The molecule has 2 rings (SSSR count). The fourth-order valence-electron chi connectivity index (χ4n) is 3.26. The predicted octanol–water partition coefficient (Wildman–Crippen LogP) is 6.27. The number of furan rings is 1. The maximum atomic E-state index is 6.72. The molecule has 0 N–H and O–H groups in total. The van der Waals surface area contributed by atoms with E-state index in [0.29, 0.717) is 25.8 Å². The molecule has 2 aromatic rings. The quantitative estimate of drug-likeness (QED) is 0.401. The summed E-state index contributed by atoms with van der Waals surface area (Å²) in [5, 5.41) is 0. The summed E-state index contributed by atoms with van der Waals surface area (Å²) < 4.78 is 24.3. The Morgan fingerprint density at radius 1 is 1.00 bits per heavy atom. The second-order valence-electron chi connectivity index (χ2n) is 6.90. The van der Waals surface area contributed by atoms with Gasteiger partial charge in [-0.3, -0.25) is 0 Å². The molecule has 1 unspecified atom stereocenters. The van der Waals surface area contributed by atoms with E-state index in [4.69, 9.17) is 18.3 Å². The maximum Gasteiger partial charge on any atom is 0.287 e. The van der Waals surface area contributed by atoms with Crippen molar-refractivity contribution in [1.29, 1.82) is 0 Å². The largest absolute Gasteiger partial charge is 0.465 e. The number of hydrogen-bond donors (Lipinski definition) is 0. The lowest BCUT2D eigenvalue weighted by molar-refractivity contribution is 0.0232. The first-order chi connectivity index (χ1) is 13.1. The molecule has 0 saturated heterocycles. The van der Waals surface area contributed by atoms with Crippen LogP contribution in [0.15, 0.2) is 40.8 Å². The Labute approximate surface area is 165 Å². The van der Waals surface area contributed by atoms with Crippen LogP contribution in [-0.4, -0.2) is 21.5 Å². The molecule has 0 aliphatic heterocycles. The van der Waals surface area contributed by atoms with E-state index in [-0.39, 0.29) is 6.10 Å². The van der Waals surface area contributed by atoms with Gasteiger partial charge in [-0.05, 0) is 43.6 Å². The molecule has 0 fully saturated rings. The first-order valence-corrected chi connectivity index (χ1v) is 12.6. The van der Waals surface area contributed by atoms with Crippen LogP contribution in [0, 0.1) is 6.92 Å². The van der Waals surface area contributed by atoms with Gasteiger partial charge in [0.1, 0.15) is 11.9 Å². The zero-order valence-corrected chi connectivity index (χ0v) is 18.4. The summed E-state index contributed by atoms with van der Waals surface area (Å²) in [5.41, 5.74) is 2.16. The zero-order valence-electron chi connectivity index (χ0n) is 17.4. The fourth-order valence-corrected chi connectivity index (χ4v) is 6.04. The summed E-state index contributed by atoms with van der Waals surface area (Å²) in [4.78, 5) is 0. The van der Waals surface area contributed by atoms with E-state index in [1.54, 1.807) is 0 Å². The van der Waals surface area contributed by atoms with Crippen molar-refractivity contribution in [1.82, 2.24) is 0 Å². The average molecular weight is 391 g/mol. The Bertz CT molecular complexity index is 656. The first kappa shape index (κ1) is 21.7. The lowest BCUT2D eigenvalue weighted by Gasteiger charge is -2.32. The first-order valence-electron chi connectivity index (χ1n) is 10.1. The summed E-state index contributed by atoms with van der Waals surface area (Å²) in [7, 11) is -1.80. The highest BCUT2D eigenvalue weighted by atomic mass is 28.4. The Balaban J connectivity index is 2.15. The minimum absolute atomic E-state index is 0.201. The van der Waals surface area contributed by atoms with Crippen molar-refractivity contribution in [2.45, 2.75) is 65.5 Å². The molecule has 1 atom stereocenters. The molecule has 1 aromatic heterocycles. The molecule has 0 aliphatic carbocycles. The van der Waals surface area contributed by atoms with E-state index >= 15 is 0 Å². The fraction of sp³-hybridized carbons (Fsp3) is 0.545. The lowest BCUT2D eigenvalue weighted by atomic mass is 10.2. The highest BCUT2D eigenvalue weighted by molar-refractivity contribution is 6.73. The van der Waals surface area contributed by atoms with Gasteiger partial charge in [-0.25, -0.2) is 0 Å². The Hall–Kier alpha value is -1.56.